The van der Waals surface area contributed by atoms with Gasteiger partial charge in [0, 0.05) is 12.0 Å². The van der Waals surface area contributed by atoms with Crippen LogP contribution < -0.4 is 10.9 Å². The summed E-state index contributed by atoms with van der Waals surface area (Å²) in [5.41, 5.74) is 6.40. The highest BCUT2D eigenvalue weighted by Gasteiger charge is 2.38. The monoisotopic (exact) mass is 178 g/mol. The number of tetrazole rings is 1. The standard InChI is InChI=1S/C7H10N6/c1-2-4-5(3-1)8-9-6(4)7-10-12-13-11-7/h1-2,4-6,8-9H,3H2,(H,10,11,12,13). The highest BCUT2D eigenvalue weighted by Crippen LogP contribution is 2.32. The van der Waals surface area contributed by atoms with Gasteiger partial charge >= 0.3 is 0 Å². The number of nitrogens with one attached hydrogen (secondary N) is 3. The van der Waals surface area contributed by atoms with Crippen LogP contribution in [0.3, 0.4) is 0 Å². The molecule has 0 bridgehead atoms. The van der Waals surface area contributed by atoms with E-state index >= 15 is 0 Å². The first kappa shape index (κ1) is 7.16. The van der Waals surface area contributed by atoms with E-state index in [0.29, 0.717) is 12.0 Å². The third kappa shape index (κ3) is 0.991. The average Bonchev–Trinajstić information content (AvgIpc) is 2.79. The second-order valence-corrected chi connectivity index (χ2v) is 3.38. The van der Waals surface area contributed by atoms with E-state index in [1.54, 1.807) is 0 Å². The minimum atomic E-state index is 0.155. The zero-order chi connectivity index (χ0) is 8.67. The van der Waals surface area contributed by atoms with Gasteiger partial charge in [-0.05, 0) is 6.42 Å². The number of aromatic amines is 1. The van der Waals surface area contributed by atoms with E-state index in [-0.39, 0.29) is 6.04 Å². The minimum Gasteiger partial charge on any atom is -0.253 e. The fourth-order valence-electron chi connectivity index (χ4n) is 2.00. The lowest BCUT2D eigenvalue weighted by Crippen LogP contribution is -2.30. The zero-order valence-electron chi connectivity index (χ0n) is 6.94. The molecule has 3 N–H and O–H groups in total. The molecule has 0 radical (unpaired) electrons. The lowest BCUT2D eigenvalue weighted by molar-refractivity contribution is 0.508. The van der Waals surface area contributed by atoms with Gasteiger partial charge < -0.3 is 0 Å². The SMILES string of the molecule is C1=CC2C(C1)NNC2c1nn[nH]n1. The Hall–Kier alpha value is -1.27. The smallest absolute Gasteiger partial charge is 0.193 e. The van der Waals surface area contributed by atoms with Gasteiger partial charge in [0.15, 0.2) is 5.82 Å². The molecule has 1 aromatic rings. The normalized spacial score (nSPS) is 36.8. The van der Waals surface area contributed by atoms with Gasteiger partial charge in [-0.15, -0.1) is 10.2 Å². The van der Waals surface area contributed by atoms with E-state index in [9.17, 15) is 0 Å². The van der Waals surface area contributed by atoms with Crippen molar-refractivity contribution in [2.24, 2.45) is 5.92 Å². The van der Waals surface area contributed by atoms with Crippen molar-refractivity contribution >= 4 is 0 Å². The van der Waals surface area contributed by atoms with Crippen molar-refractivity contribution in [3.05, 3.63) is 18.0 Å². The molecule has 1 aliphatic carbocycles. The van der Waals surface area contributed by atoms with Crippen LogP contribution in [-0.4, -0.2) is 26.7 Å². The zero-order valence-corrected chi connectivity index (χ0v) is 6.94. The Labute approximate surface area is 74.8 Å². The van der Waals surface area contributed by atoms with Crippen molar-refractivity contribution in [3.8, 4) is 0 Å². The first-order valence-corrected chi connectivity index (χ1v) is 4.36. The molecule has 68 valence electrons. The third-order valence-electron chi connectivity index (χ3n) is 2.66. The predicted molar refractivity (Wildman–Crippen MR) is 44.2 cm³/mol. The van der Waals surface area contributed by atoms with Crippen molar-refractivity contribution in [3.63, 3.8) is 0 Å². The molecular weight excluding hydrogens is 168 g/mol. The number of fused-ring (bicyclic) bond motifs is 1. The summed E-state index contributed by atoms with van der Waals surface area (Å²) in [6.07, 6.45) is 5.47. The molecule has 0 saturated carbocycles. The number of hydrogen-bond donors (Lipinski definition) is 3. The summed E-state index contributed by atoms with van der Waals surface area (Å²) in [5, 5.41) is 14.0. The molecule has 6 nitrogen and oxygen atoms in total. The third-order valence-corrected chi connectivity index (χ3v) is 2.66. The summed E-state index contributed by atoms with van der Waals surface area (Å²) in [6, 6.07) is 0.644. The number of H-pyrrole nitrogens is 1. The van der Waals surface area contributed by atoms with Gasteiger partial charge in [0.05, 0.1) is 6.04 Å². The van der Waals surface area contributed by atoms with Gasteiger partial charge in [-0.25, -0.2) is 5.43 Å². The van der Waals surface area contributed by atoms with Crippen molar-refractivity contribution in [1.82, 2.24) is 31.5 Å². The quantitative estimate of drug-likeness (QED) is 0.495. The molecular formula is C7H10N6. The molecule has 3 unspecified atom stereocenters. The van der Waals surface area contributed by atoms with E-state index in [2.05, 4.69) is 43.6 Å². The van der Waals surface area contributed by atoms with Gasteiger partial charge in [0.25, 0.3) is 0 Å². The Morgan fingerprint density at radius 2 is 2.38 bits per heavy atom. The Morgan fingerprint density at radius 3 is 3.23 bits per heavy atom. The summed E-state index contributed by atoms with van der Waals surface area (Å²) < 4.78 is 0. The first-order chi connectivity index (χ1) is 6.45. The number of hydrazine groups is 1. The molecule has 1 saturated heterocycles. The lowest BCUT2D eigenvalue weighted by atomic mass is 9.98. The van der Waals surface area contributed by atoms with Crippen LogP contribution in [0.1, 0.15) is 18.3 Å². The number of hydrogen-bond acceptors (Lipinski definition) is 5. The molecule has 3 atom stereocenters. The van der Waals surface area contributed by atoms with Gasteiger partial charge in [-0.2, -0.15) is 5.21 Å². The number of rotatable bonds is 1. The first-order valence-electron chi connectivity index (χ1n) is 4.36. The van der Waals surface area contributed by atoms with Crippen LogP contribution in [-0.2, 0) is 0 Å². The van der Waals surface area contributed by atoms with E-state index in [0.717, 1.165) is 12.2 Å². The van der Waals surface area contributed by atoms with Crippen LogP contribution in [0.25, 0.3) is 0 Å². The van der Waals surface area contributed by atoms with Crippen LogP contribution >= 0.6 is 0 Å². The second-order valence-electron chi connectivity index (χ2n) is 3.38. The van der Waals surface area contributed by atoms with Gasteiger partial charge in [-0.1, -0.05) is 17.4 Å². The van der Waals surface area contributed by atoms with Gasteiger partial charge in [-0.3, -0.25) is 5.43 Å². The van der Waals surface area contributed by atoms with Gasteiger partial charge in [0.1, 0.15) is 0 Å². The fraction of sp³-hybridized carbons (Fsp3) is 0.571. The number of aromatic nitrogens is 4. The molecule has 3 rings (SSSR count). The molecule has 1 fully saturated rings. The van der Waals surface area contributed by atoms with Gasteiger partial charge in [0.2, 0.25) is 0 Å². The summed E-state index contributed by atoms with van der Waals surface area (Å²) in [6.45, 7) is 0. The topological polar surface area (TPSA) is 78.5 Å². The lowest BCUT2D eigenvalue weighted by Gasteiger charge is -2.10. The van der Waals surface area contributed by atoms with Crippen LogP contribution in [0.2, 0.25) is 0 Å². The summed E-state index contributed by atoms with van der Waals surface area (Å²) >= 11 is 0. The molecule has 0 spiro atoms. The summed E-state index contributed by atoms with van der Waals surface area (Å²) in [5.74, 6) is 1.18. The van der Waals surface area contributed by atoms with Crippen LogP contribution in [0.5, 0.6) is 0 Å². The number of nitrogens with zero attached hydrogens (tertiary/aromatic N) is 3. The molecule has 0 amide bonds. The average molecular weight is 178 g/mol. The fourth-order valence-corrected chi connectivity index (χ4v) is 2.00. The van der Waals surface area contributed by atoms with E-state index in [1.165, 1.54) is 0 Å². The molecule has 13 heavy (non-hydrogen) atoms. The molecule has 1 aromatic heterocycles. The van der Waals surface area contributed by atoms with Crippen molar-refractivity contribution in [2.75, 3.05) is 0 Å². The molecule has 2 heterocycles. The van der Waals surface area contributed by atoms with Crippen molar-refractivity contribution in [2.45, 2.75) is 18.5 Å². The molecule has 1 aliphatic heterocycles. The van der Waals surface area contributed by atoms with Crippen molar-refractivity contribution < 1.29 is 0 Å². The van der Waals surface area contributed by atoms with Crippen LogP contribution in [0, 0.1) is 5.92 Å². The maximum absolute atomic E-state index is 3.98. The molecule has 2 aliphatic rings. The Morgan fingerprint density at radius 1 is 1.38 bits per heavy atom. The minimum absolute atomic E-state index is 0.155. The maximum Gasteiger partial charge on any atom is 0.193 e. The van der Waals surface area contributed by atoms with Crippen LogP contribution in [0.15, 0.2) is 12.2 Å². The second kappa shape index (κ2) is 2.61. The highest BCUT2D eigenvalue weighted by atomic mass is 15.5. The largest absolute Gasteiger partial charge is 0.253 e. The molecule has 0 aromatic carbocycles. The van der Waals surface area contributed by atoms with E-state index in [1.807, 2.05) is 0 Å². The van der Waals surface area contributed by atoms with Crippen LogP contribution in [0.4, 0.5) is 0 Å². The summed E-state index contributed by atoms with van der Waals surface area (Å²) in [4.78, 5) is 0. The highest BCUT2D eigenvalue weighted by molar-refractivity contribution is 5.14. The van der Waals surface area contributed by atoms with E-state index in [4.69, 9.17) is 0 Å². The predicted octanol–water partition coefficient (Wildman–Crippen LogP) is -0.707. The van der Waals surface area contributed by atoms with Crippen molar-refractivity contribution in [1.29, 1.82) is 0 Å². The Kier molecular flexibility index (Phi) is 1.44. The Bertz CT molecular complexity index is 318. The maximum atomic E-state index is 3.98. The summed E-state index contributed by atoms with van der Waals surface area (Å²) in [7, 11) is 0. The molecule has 6 heteroatoms. The Balaban J connectivity index is 1.90. The van der Waals surface area contributed by atoms with E-state index < -0.39 is 0 Å².